The number of halogens is 1. The molecule has 0 fully saturated rings. The summed E-state index contributed by atoms with van der Waals surface area (Å²) in [4.78, 5) is 4.53. The highest BCUT2D eigenvalue weighted by atomic mass is 35.5. The molecule has 0 aliphatic heterocycles. The van der Waals surface area contributed by atoms with Crippen molar-refractivity contribution in [3.63, 3.8) is 0 Å². The molecule has 0 amide bonds. The number of hydrogen-bond donors (Lipinski definition) is 1. The maximum atomic E-state index is 6.16. The molecule has 0 bridgehead atoms. The van der Waals surface area contributed by atoms with Gasteiger partial charge in [-0.1, -0.05) is 35.9 Å². The number of nitrogens with two attached hydrogens (primary N) is 1. The van der Waals surface area contributed by atoms with Crippen molar-refractivity contribution in [1.82, 2.24) is 4.98 Å². The molecule has 0 aliphatic carbocycles. The van der Waals surface area contributed by atoms with Crippen LogP contribution in [0.3, 0.4) is 0 Å². The molecule has 0 radical (unpaired) electrons. The monoisotopic (exact) mass is 304 g/mol. The Morgan fingerprint density at radius 1 is 1.15 bits per heavy atom. The van der Waals surface area contributed by atoms with Gasteiger partial charge < -0.3 is 10.5 Å². The number of ether oxygens (including phenoxy) is 1. The van der Waals surface area contributed by atoms with Crippen LogP contribution in [-0.2, 0) is 13.2 Å². The second kappa shape index (κ2) is 5.79. The van der Waals surface area contributed by atoms with E-state index in [0.29, 0.717) is 23.9 Å². The Morgan fingerprint density at radius 2 is 2.00 bits per heavy atom. The zero-order valence-electron chi connectivity index (χ0n) is 10.7. The molecule has 0 unspecified atom stereocenters. The molecule has 0 aliphatic rings. The van der Waals surface area contributed by atoms with Gasteiger partial charge in [0, 0.05) is 12.1 Å². The van der Waals surface area contributed by atoms with Crippen molar-refractivity contribution in [2.45, 2.75) is 13.2 Å². The standard InChI is InChI=1S/C15H13ClN2OS/c16-11-5-3-4-10(8-17)15(11)19-9-14-18-12-6-1-2-7-13(12)20-14/h1-7H,8-9,17H2. The van der Waals surface area contributed by atoms with Gasteiger partial charge in [-0.3, -0.25) is 0 Å². The Morgan fingerprint density at radius 3 is 2.80 bits per heavy atom. The highest BCUT2D eigenvalue weighted by Crippen LogP contribution is 2.30. The van der Waals surface area contributed by atoms with E-state index in [2.05, 4.69) is 11.1 Å². The quantitative estimate of drug-likeness (QED) is 0.793. The predicted molar refractivity (Wildman–Crippen MR) is 83.3 cm³/mol. The SMILES string of the molecule is NCc1cccc(Cl)c1OCc1nc2ccccc2s1. The van der Waals surface area contributed by atoms with Gasteiger partial charge in [-0.2, -0.15) is 0 Å². The van der Waals surface area contributed by atoms with E-state index < -0.39 is 0 Å². The van der Waals surface area contributed by atoms with Crippen LogP contribution in [0.4, 0.5) is 0 Å². The number of aromatic nitrogens is 1. The van der Waals surface area contributed by atoms with Crippen LogP contribution in [0.2, 0.25) is 5.02 Å². The molecule has 0 spiro atoms. The van der Waals surface area contributed by atoms with Crippen molar-refractivity contribution >= 4 is 33.2 Å². The summed E-state index contributed by atoms with van der Waals surface area (Å²) in [6, 6.07) is 13.6. The van der Waals surface area contributed by atoms with Crippen molar-refractivity contribution in [2.24, 2.45) is 5.73 Å². The fraction of sp³-hybridized carbons (Fsp3) is 0.133. The normalized spacial score (nSPS) is 10.9. The first-order valence-corrected chi connectivity index (χ1v) is 7.42. The lowest BCUT2D eigenvalue weighted by Crippen LogP contribution is -2.03. The third-order valence-corrected chi connectivity index (χ3v) is 4.25. The molecule has 2 N–H and O–H groups in total. The maximum absolute atomic E-state index is 6.16. The zero-order chi connectivity index (χ0) is 13.9. The van der Waals surface area contributed by atoms with E-state index in [-0.39, 0.29) is 0 Å². The van der Waals surface area contributed by atoms with Crippen LogP contribution in [0.25, 0.3) is 10.2 Å². The Hall–Kier alpha value is -1.62. The third-order valence-electron chi connectivity index (χ3n) is 2.95. The van der Waals surface area contributed by atoms with E-state index in [1.54, 1.807) is 17.4 Å². The number of hydrogen-bond acceptors (Lipinski definition) is 4. The number of nitrogens with zero attached hydrogens (tertiary/aromatic N) is 1. The summed E-state index contributed by atoms with van der Waals surface area (Å²) in [7, 11) is 0. The minimum absolute atomic E-state index is 0.399. The first-order chi connectivity index (χ1) is 9.78. The van der Waals surface area contributed by atoms with Crippen molar-refractivity contribution in [1.29, 1.82) is 0 Å². The van der Waals surface area contributed by atoms with E-state index in [1.807, 2.05) is 30.3 Å². The van der Waals surface area contributed by atoms with Gasteiger partial charge in [-0.25, -0.2) is 4.98 Å². The van der Waals surface area contributed by atoms with E-state index in [0.717, 1.165) is 20.8 Å². The Balaban J connectivity index is 1.82. The van der Waals surface area contributed by atoms with Gasteiger partial charge in [-0.05, 0) is 18.2 Å². The minimum Gasteiger partial charge on any atom is -0.485 e. The molecule has 0 atom stereocenters. The largest absolute Gasteiger partial charge is 0.485 e. The lowest BCUT2D eigenvalue weighted by atomic mass is 10.2. The molecular weight excluding hydrogens is 292 g/mol. The summed E-state index contributed by atoms with van der Waals surface area (Å²) in [5.41, 5.74) is 7.59. The molecule has 2 aromatic carbocycles. The number of benzene rings is 2. The number of rotatable bonds is 4. The molecule has 5 heteroatoms. The lowest BCUT2D eigenvalue weighted by Gasteiger charge is -2.10. The molecule has 20 heavy (non-hydrogen) atoms. The van der Waals surface area contributed by atoms with Gasteiger partial charge in [-0.15, -0.1) is 11.3 Å². The number of thiazole rings is 1. The van der Waals surface area contributed by atoms with Gasteiger partial charge >= 0.3 is 0 Å². The highest BCUT2D eigenvalue weighted by Gasteiger charge is 2.09. The van der Waals surface area contributed by atoms with Crippen LogP contribution in [0.5, 0.6) is 5.75 Å². The molecule has 3 aromatic rings. The lowest BCUT2D eigenvalue weighted by molar-refractivity contribution is 0.303. The molecule has 1 aromatic heterocycles. The van der Waals surface area contributed by atoms with Crippen molar-refractivity contribution in [2.75, 3.05) is 0 Å². The smallest absolute Gasteiger partial charge is 0.143 e. The molecule has 102 valence electrons. The topological polar surface area (TPSA) is 48.1 Å². The van der Waals surface area contributed by atoms with Crippen molar-refractivity contribution in [3.8, 4) is 5.75 Å². The predicted octanol–water partition coefficient (Wildman–Crippen LogP) is 3.99. The van der Waals surface area contributed by atoms with Gasteiger partial charge in [0.05, 0.1) is 15.2 Å². The Kier molecular flexibility index (Phi) is 3.87. The van der Waals surface area contributed by atoms with Gasteiger partial charge in [0.15, 0.2) is 0 Å². The number of fused-ring (bicyclic) bond motifs is 1. The van der Waals surface area contributed by atoms with Crippen LogP contribution < -0.4 is 10.5 Å². The van der Waals surface area contributed by atoms with E-state index >= 15 is 0 Å². The van der Waals surface area contributed by atoms with Gasteiger partial charge in [0.2, 0.25) is 0 Å². The molecule has 3 nitrogen and oxygen atoms in total. The second-order valence-electron chi connectivity index (χ2n) is 4.30. The molecule has 1 heterocycles. The fourth-order valence-corrected chi connectivity index (χ4v) is 3.12. The Labute approximate surface area is 126 Å². The number of para-hydroxylation sites is 2. The highest BCUT2D eigenvalue weighted by molar-refractivity contribution is 7.18. The van der Waals surface area contributed by atoms with Gasteiger partial charge in [0.1, 0.15) is 17.4 Å². The van der Waals surface area contributed by atoms with Crippen LogP contribution in [-0.4, -0.2) is 4.98 Å². The first-order valence-electron chi connectivity index (χ1n) is 6.22. The zero-order valence-corrected chi connectivity index (χ0v) is 12.2. The second-order valence-corrected chi connectivity index (χ2v) is 5.82. The average molecular weight is 305 g/mol. The summed E-state index contributed by atoms with van der Waals surface area (Å²) >= 11 is 7.78. The summed E-state index contributed by atoms with van der Waals surface area (Å²) < 4.78 is 6.97. The third kappa shape index (κ3) is 2.63. The maximum Gasteiger partial charge on any atom is 0.143 e. The van der Waals surface area contributed by atoms with Crippen LogP contribution in [0, 0.1) is 0 Å². The van der Waals surface area contributed by atoms with Crippen LogP contribution in [0.15, 0.2) is 42.5 Å². The van der Waals surface area contributed by atoms with E-state index in [4.69, 9.17) is 22.1 Å². The molecule has 0 saturated heterocycles. The van der Waals surface area contributed by atoms with Crippen LogP contribution >= 0.6 is 22.9 Å². The average Bonchev–Trinajstić information content (AvgIpc) is 2.88. The van der Waals surface area contributed by atoms with Crippen LogP contribution in [0.1, 0.15) is 10.6 Å². The van der Waals surface area contributed by atoms with E-state index in [9.17, 15) is 0 Å². The summed E-state index contributed by atoms with van der Waals surface area (Å²) in [5.74, 6) is 0.649. The van der Waals surface area contributed by atoms with Crippen molar-refractivity contribution in [3.05, 3.63) is 58.1 Å². The first kappa shape index (κ1) is 13.4. The summed E-state index contributed by atoms with van der Waals surface area (Å²) in [6.45, 7) is 0.797. The van der Waals surface area contributed by atoms with Gasteiger partial charge in [0.25, 0.3) is 0 Å². The van der Waals surface area contributed by atoms with E-state index in [1.165, 1.54) is 0 Å². The fourth-order valence-electron chi connectivity index (χ4n) is 1.99. The van der Waals surface area contributed by atoms with Crippen molar-refractivity contribution < 1.29 is 4.74 Å². The molecule has 0 saturated carbocycles. The summed E-state index contributed by atoms with van der Waals surface area (Å²) in [5, 5.41) is 1.50. The molecular formula is C15H13ClN2OS. The summed E-state index contributed by atoms with van der Waals surface area (Å²) in [6.07, 6.45) is 0. The molecule has 3 rings (SSSR count). The Bertz CT molecular complexity index is 709. The minimum atomic E-state index is 0.399.